The average Bonchev–Trinajstić information content (AvgIpc) is 2.27. The summed E-state index contributed by atoms with van der Waals surface area (Å²) in [5.74, 6) is 1.41. The summed E-state index contributed by atoms with van der Waals surface area (Å²) >= 11 is 0. The van der Waals surface area contributed by atoms with Crippen molar-refractivity contribution in [1.82, 2.24) is 10.2 Å². The summed E-state index contributed by atoms with van der Waals surface area (Å²) in [5, 5.41) is 16.8. The summed E-state index contributed by atoms with van der Waals surface area (Å²) in [5.41, 5.74) is 0.601. The van der Waals surface area contributed by atoms with E-state index < -0.39 is 0 Å². The minimum absolute atomic E-state index is 0.0588. The van der Waals surface area contributed by atoms with Crippen LogP contribution in [0.5, 0.6) is 0 Å². The van der Waals surface area contributed by atoms with Crippen molar-refractivity contribution < 1.29 is 5.11 Å². The van der Waals surface area contributed by atoms with Gasteiger partial charge in [-0.05, 0) is 25.0 Å². The molecule has 0 bridgehead atoms. The maximum absolute atomic E-state index is 8.85. The van der Waals surface area contributed by atoms with E-state index in [1.807, 2.05) is 13.1 Å². The van der Waals surface area contributed by atoms with E-state index in [2.05, 4.69) is 35.9 Å². The van der Waals surface area contributed by atoms with Crippen LogP contribution in [0.25, 0.3) is 0 Å². The zero-order valence-electron chi connectivity index (χ0n) is 9.81. The first kappa shape index (κ1) is 11.9. The Balaban J connectivity index is 2.78. The first-order valence-electron chi connectivity index (χ1n) is 5.22. The van der Waals surface area contributed by atoms with Gasteiger partial charge in [0.05, 0.1) is 12.3 Å². The van der Waals surface area contributed by atoms with Crippen LogP contribution in [-0.4, -0.2) is 28.4 Å². The minimum Gasteiger partial charge on any atom is -0.390 e. The summed E-state index contributed by atoms with van der Waals surface area (Å²) in [6.45, 7) is 6.45. The number of aromatic nitrogens is 2. The van der Waals surface area contributed by atoms with E-state index in [1.165, 1.54) is 0 Å². The van der Waals surface area contributed by atoms with Crippen molar-refractivity contribution in [2.75, 3.05) is 11.9 Å². The van der Waals surface area contributed by atoms with Crippen LogP contribution >= 0.6 is 0 Å². The van der Waals surface area contributed by atoms with Crippen LogP contribution in [0.4, 0.5) is 5.82 Å². The highest BCUT2D eigenvalue weighted by atomic mass is 16.3. The molecule has 15 heavy (non-hydrogen) atoms. The topological polar surface area (TPSA) is 49.2 Å². The lowest BCUT2D eigenvalue weighted by atomic mass is 10.1. The first-order chi connectivity index (χ1) is 7.06. The molecule has 1 atom stereocenters. The van der Waals surface area contributed by atoms with E-state index in [1.54, 1.807) is 6.07 Å². The highest BCUT2D eigenvalue weighted by molar-refractivity contribution is 5.37. The standard InChI is InChI=1S/C11H19N3O/c1-8(2)9(3)14(4)11-6-5-10(7-15)12-13-11/h5-6,8-9,15H,7H2,1-4H3. The van der Waals surface area contributed by atoms with Crippen molar-refractivity contribution in [1.29, 1.82) is 0 Å². The number of hydrogen-bond donors (Lipinski definition) is 1. The fraction of sp³-hybridized carbons (Fsp3) is 0.636. The van der Waals surface area contributed by atoms with Crippen LogP contribution in [0.15, 0.2) is 12.1 Å². The normalized spacial score (nSPS) is 12.9. The van der Waals surface area contributed by atoms with Gasteiger partial charge in [-0.1, -0.05) is 13.8 Å². The van der Waals surface area contributed by atoms with Crippen molar-refractivity contribution in [3.8, 4) is 0 Å². The summed E-state index contributed by atoms with van der Waals surface area (Å²) in [6, 6.07) is 4.10. The molecule has 0 aliphatic rings. The zero-order chi connectivity index (χ0) is 11.4. The Kier molecular flexibility index (Phi) is 4.03. The lowest BCUT2D eigenvalue weighted by molar-refractivity contribution is 0.275. The molecular formula is C11H19N3O. The molecule has 0 radical (unpaired) electrons. The highest BCUT2D eigenvalue weighted by Gasteiger charge is 2.14. The number of hydrogen-bond acceptors (Lipinski definition) is 4. The van der Waals surface area contributed by atoms with E-state index in [0.29, 0.717) is 17.7 Å². The Hall–Kier alpha value is -1.16. The molecule has 1 heterocycles. The van der Waals surface area contributed by atoms with Gasteiger partial charge in [-0.25, -0.2) is 0 Å². The number of rotatable bonds is 4. The van der Waals surface area contributed by atoms with Crippen molar-refractivity contribution in [2.45, 2.75) is 33.4 Å². The third-order valence-electron chi connectivity index (χ3n) is 2.80. The summed E-state index contributed by atoms with van der Waals surface area (Å²) in [4.78, 5) is 2.10. The smallest absolute Gasteiger partial charge is 0.151 e. The molecule has 4 heteroatoms. The Labute approximate surface area is 90.9 Å². The Bertz CT molecular complexity index is 297. The van der Waals surface area contributed by atoms with Gasteiger partial charge in [-0.2, -0.15) is 5.10 Å². The molecule has 0 saturated heterocycles. The average molecular weight is 209 g/mol. The Morgan fingerprint density at radius 3 is 2.33 bits per heavy atom. The molecule has 1 aromatic heterocycles. The molecule has 0 amide bonds. The molecule has 1 N–H and O–H groups in total. The SMILES string of the molecule is CC(C)C(C)N(C)c1ccc(CO)nn1. The molecule has 0 saturated carbocycles. The monoisotopic (exact) mass is 209 g/mol. The van der Waals surface area contributed by atoms with Crippen molar-refractivity contribution >= 4 is 5.82 Å². The number of aliphatic hydroxyl groups excluding tert-OH is 1. The maximum Gasteiger partial charge on any atom is 0.151 e. The molecule has 1 unspecified atom stereocenters. The quantitative estimate of drug-likeness (QED) is 0.815. The van der Waals surface area contributed by atoms with Gasteiger partial charge in [0.15, 0.2) is 5.82 Å². The molecule has 0 fully saturated rings. The van der Waals surface area contributed by atoms with E-state index in [0.717, 1.165) is 5.82 Å². The summed E-state index contributed by atoms with van der Waals surface area (Å²) in [6.07, 6.45) is 0. The zero-order valence-corrected chi connectivity index (χ0v) is 9.81. The Morgan fingerprint density at radius 2 is 1.93 bits per heavy atom. The van der Waals surface area contributed by atoms with Gasteiger partial charge >= 0.3 is 0 Å². The molecule has 0 spiro atoms. The van der Waals surface area contributed by atoms with Crippen molar-refractivity contribution in [3.05, 3.63) is 17.8 Å². The third kappa shape index (κ3) is 2.89. The van der Waals surface area contributed by atoms with Gasteiger partial charge in [0.1, 0.15) is 0 Å². The van der Waals surface area contributed by atoms with Crippen LogP contribution < -0.4 is 4.90 Å². The van der Waals surface area contributed by atoms with Crippen LogP contribution in [0.3, 0.4) is 0 Å². The molecule has 1 rings (SSSR count). The highest BCUT2D eigenvalue weighted by Crippen LogP contribution is 2.15. The predicted octanol–water partition coefficient (Wildman–Crippen LogP) is 1.45. The van der Waals surface area contributed by atoms with Crippen LogP contribution in [-0.2, 0) is 6.61 Å². The molecular weight excluding hydrogens is 190 g/mol. The predicted molar refractivity (Wildman–Crippen MR) is 60.7 cm³/mol. The fourth-order valence-corrected chi connectivity index (χ4v) is 1.28. The maximum atomic E-state index is 8.85. The molecule has 1 aromatic rings. The second-order valence-electron chi connectivity index (χ2n) is 4.14. The lowest BCUT2D eigenvalue weighted by Gasteiger charge is -2.28. The number of nitrogens with zero attached hydrogens (tertiary/aromatic N) is 3. The van der Waals surface area contributed by atoms with E-state index >= 15 is 0 Å². The van der Waals surface area contributed by atoms with Crippen molar-refractivity contribution in [2.24, 2.45) is 5.92 Å². The second-order valence-corrected chi connectivity index (χ2v) is 4.14. The molecule has 0 aliphatic heterocycles. The van der Waals surface area contributed by atoms with E-state index in [-0.39, 0.29) is 6.61 Å². The van der Waals surface area contributed by atoms with Gasteiger partial charge in [-0.15, -0.1) is 5.10 Å². The molecule has 0 aromatic carbocycles. The second kappa shape index (κ2) is 5.07. The minimum atomic E-state index is -0.0588. The molecule has 0 aliphatic carbocycles. The first-order valence-corrected chi connectivity index (χ1v) is 5.22. The van der Waals surface area contributed by atoms with Crippen LogP contribution in [0.2, 0.25) is 0 Å². The largest absolute Gasteiger partial charge is 0.390 e. The Morgan fingerprint density at radius 1 is 1.27 bits per heavy atom. The van der Waals surface area contributed by atoms with Gasteiger partial charge < -0.3 is 10.0 Å². The van der Waals surface area contributed by atoms with E-state index in [4.69, 9.17) is 5.11 Å². The lowest BCUT2D eigenvalue weighted by Crippen LogP contribution is -2.33. The van der Waals surface area contributed by atoms with Crippen LogP contribution in [0.1, 0.15) is 26.5 Å². The molecule has 84 valence electrons. The third-order valence-corrected chi connectivity index (χ3v) is 2.80. The summed E-state index contributed by atoms with van der Waals surface area (Å²) in [7, 11) is 2.01. The van der Waals surface area contributed by atoms with E-state index in [9.17, 15) is 0 Å². The van der Waals surface area contributed by atoms with Gasteiger partial charge in [0, 0.05) is 13.1 Å². The summed E-state index contributed by atoms with van der Waals surface area (Å²) < 4.78 is 0. The van der Waals surface area contributed by atoms with Gasteiger partial charge in [0.25, 0.3) is 0 Å². The van der Waals surface area contributed by atoms with Crippen molar-refractivity contribution in [3.63, 3.8) is 0 Å². The van der Waals surface area contributed by atoms with Gasteiger partial charge in [0.2, 0.25) is 0 Å². The van der Waals surface area contributed by atoms with Crippen LogP contribution in [0, 0.1) is 5.92 Å². The number of aliphatic hydroxyl groups is 1. The number of anilines is 1. The van der Waals surface area contributed by atoms with Gasteiger partial charge in [-0.3, -0.25) is 0 Å². The fourth-order valence-electron chi connectivity index (χ4n) is 1.28. The molecule has 4 nitrogen and oxygen atoms in total.